The average molecular weight is 302 g/mol. The smallest absolute Gasteiger partial charge is 0.139 e. The summed E-state index contributed by atoms with van der Waals surface area (Å²) in [5.74, 6) is 2.57. The SMILES string of the molecule is C[C@]12CC[C@H]3[C@@H](CC[C@]45CC(=O)CC[C@]34C5O)[C@@H]1CCC2=O. The molecule has 0 aliphatic heterocycles. The van der Waals surface area contributed by atoms with Gasteiger partial charge in [0.25, 0.3) is 0 Å². The quantitative estimate of drug-likeness (QED) is 0.748. The van der Waals surface area contributed by atoms with E-state index in [9.17, 15) is 14.7 Å². The zero-order valence-corrected chi connectivity index (χ0v) is 13.4. The van der Waals surface area contributed by atoms with Crippen LogP contribution in [0.4, 0.5) is 0 Å². The van der Waals surface area contributed by atoms with Crippen molar-refractivity contribution < 1.29 is 14.7 Å². The lowest BCUT2D eigenvalue weighted by Crippen LogP contribution is -2.49. The second-order valence-electron chi connectivity index (χ2n) is 9.15. The van der Waals surface area contributed by atoms with Crippen molar-refractivity contribution in [1.29, 1.82) is 0 Å². The summed E-state index contributed by atoms with van der Waals surface area (Å²) >= 11 is 0. The maximum absolute atomic E-state index is 12.4. The number of hydrogen-bond acceptors (Lipinski definition) is 3. The summed E-state index contributed by atoms with van der Waals surface area (Å²) in [6.07, 6.45) is 8.03. The van der Waals surface area contributed by atoms with Crippen molar-refractivity contribution >= 4 is 11.6 Å². The van der Waals surface area contributed by atoms with E-state index in [4.69, 9.17) is 0 Å². The highest BCUT2D eigenvalue weighted by molar-refractivity contribution is 5.87. The molecule has 0 radical (unpaired) electrons. The van der Waals surface area contributed by atoms with Gasteiger partial charge in [-0.15, -0.1) is 0 Å². The highest BCUT2D eigenvalue weighted by Gasteiger charge is 2.82. The minimum atomic E-state index is -0.247. The number of fused-ring (bicyclic) bond motifs is 3. The Bertz CT molecular complexity index is 583. The molecule has 0 aromatic carbocycles. The zero-order chi connectivity index (χ0) is 15.3. The Hall–Kier alpha value is -0.700. The van der Waals surface area contributed by atoms with Gasteiger partial charge in [0.2, 0.25) is 0 Å². The first-order valence-corrected chi connectivity index (χ1v) is 9.19. The predicted octanol–water partition coefficient (Wildman–Crippen LogP) is 2.89. The molecule has 0 saturated heterocycles. The van der Waals surface area contributed by atoms with E-state index in [2.05, 4.69) is 6.92 Å². The van der Waals surface area contributed by atoms with E-state index in [0.717, 1.165) is 44.9 Å². The van der Waals surface area contributed by atoms with Crippen LogP contribution in [0.25, 0.3) is 0 Å². The van der Waals surface area contributed by atoms with E-state index in [-0.39, 0.29) is 22.3 Å². The van der Waals surface area contributed by atoms with Crippen LogP contribution in [0, 0.1) is 34.0 Å². The van der Waals surface area contributed by atoms with Gasteiger partial charge in [0.15, 0.2) is 0 Å². The van der Waals surface area contributed by atoms with Crippen molar-refractivity contribution in [1.82, 2.24) is 0 Å². The molecule has 120 valence electrons. The van der Waals surface area contributed by atoms with Gasteiger partial charge < -0.3 is 5.11 Å². The Morgan fingerprint density at radius 1 is 1.00 bits per heavy atom. The fourth-order valence-corrected chi connectivity index (χ4v) is 7.84. The van der Waals surface area contributed by atoms with Crippen LogP contribution in [0.5, 0.6) is 0 Å². The Labute approximate surface area is 131 Å². The van der Waals surface area contributed by atoms with E-state index in [1.54, 1.807) is 0 Å². The zero-order valence-electron chi connectivity index (χ0n) is 13.4. The van der Waals surface area contributed by atoms with Crippen LogP contribution in [0.1, 0.15) is 64.7 Å². The van der Waals surface area contributed by atoms with Crippen molar-refractivity contribution in [2.45, 2.75) is 70.8 Å². The Balaban J connectivity index is 1.53. The van der Waals surface area contributed by atoms with E-state index in [0.29, 0.717) is 42.2 Å². The summed E-state index contributed by atoms with van der Waals surface area (Å²) in [7, 11) is 0. The number of rotatable bonds is 0. The predicted molar refractivity (Wildman–Crippen MR) is 81.0 cm³/mol. The fraction of sp³-hybridized carbons (Fsp3) is 0.895. The normalized spacial score (nSPS) is 59.4. The molecule has 1 N–H and O–H groups in total. The molecule has 0 aromatic heterocycles. The van der Waals surface area contributed by atoms with Crippen molar-refractivity contribution in [3.63, 3.8) is 0 Å². The van der Waals surface area contributed by atoms with Crippen LogP contribution in [0.3, 0.4) is 0 Å². The second-order valence-corrected chi connectivity index (χ2v) is 9.15. The van der Waals surface area contributed by atoms with Gasteiger partial charge in [-0.1, -0.05) is 6.92 Å². The molecular formula is C19H26O3. The lowest BCUT2D eigenvalue weighted by molar-refractivity contribution is -0.134. The molecule has 0 amide bonds. The largest absolute Gasteiger partial charge is 0.392 e. The minimum absolute atomic E-state index is 0.0385. The van der Waals surface area contributed by atoms with Crippen molar-refractivity contribution in [3.8, 4) is 0 Å². The first-order valence-electron chi connectivity index (χ1n) is 9.19. The first kappa shape index (κ1) is 13.7. The Morgan fingerprint density at radius 2 is 1.82 bits per heavy atom. The third kappa shape index (κ3) is 1.24. The third-order valence-electron chi connectivity index (χ3n) is 8.92. The Morgan fingerprint density at radius 3 is 2.64 bits per heavy atom. The molecule has 5 aliphatic carbocycles. The van der Waals surface area contributed by atoms with Crippen LogP contribution in [0.2, 0.25) is 0 Å². The Kier molecular flexibility index (Phi) is 2.40. The first-order chi connectivity index (χ1) is 10.5. The number of Topliss-reactive ketones (excluding diaryl/α,β-unsaturated/α-hetero) is 2. The maximum Gasteiger partial charge on any atom is 0.139 e. The summed E-state index contributed by atoms with van der Waals surface area (Å²) in [5.41, 5.74) is -0.112. The molecule has 0 aromatic rings. The maximum atomic E-state index is 12.4. The highest BCUT2D eigenvalue weighted by Crippen LogP contribution is 2.82. The molecule has 5 saturated carbocycles. The van der Waals surface area contributed by atoms with Gasteiger partial charge in [0, 0.05) is 35.5 Å². The van der Waals surface area contributed by atoms with Gasteiger partial charge in [-0.25, -0.2) is 0 Å². The van der Waals surface area contributed by atoms with E-state index >= 15 is 0 Å². The van der Waals surface area contributed by atoms with Gasteiger partial charge in [-0.2, -0.15) is 0 Å². The molecule has 5 fully saturated rings. The molecular weight excluding hydrogens is 276 g/mol. The summed E-state index contributed by atoms with van der Waals surface area (Å²) in [6, 6.07) is 0. The molecule has 22 heavy (non-hydrogen) atoms. The number of aliphatic hydroxyl groups is 1. The van der Waals surface area contributed by atoms with Gasteiger partial charge >= 0.3 is 0 Å². The number of hydrogen-bond donors (Lipinski definition) is 1. The lowest BCUT2D eigenvalue weighted by Gasteiger charge is -2.53. The number of carbonyl (C=O) groups is 2. The molecule has 3 nitrogen and oxygen atoms in total. The van der Waals surface area contributed by atoms with E-state index in [1.165, 1.54) is 0 Å². The van der Waals surface area contributed by atoms with Crippen LogP contribution in [0.15, 0.2) is 0 Å². The lowest BCUT2D eigenvalue weighted by atomic mass is 9.50. The van der Waals surface area contributed by atoms with Crippen molar-refractivity contribution in [2.24, 2.45) is 34.0 Å². The number of carbonyl (C=O) groups excluding carboxylic acids is 2. The molecule has 7 atom stereocenters. The monoisotopic (exact) mass is 302 g/mol. The van der Waals surface area contributed by atoms with Crippen LogP contribution in [-0.4, -0.2) is 22.8 Å². The van der Waals surface area contributed by atoms with E-state index in [1.807, 2.05) is 0 Å². The third-order valence-corrected chi connectivity index (χ3v) is 8.92. The number of aliphatic hydroxyl groups excluding tert-OH is 1. The summed E-state index contributed by atoms with van der Waals surface area (Å²) < 4.78 is 0. The molecule has 1 unspecified atom stereocenters. The topological polar surface area (TPSA) is 54.4 Å². The van der Waals surface area contributed by atoms with Crippen molar-refractivity contribution in [2.75, 3.05) is 0 Å². The molecule has 0 bridgehead atoms. The second kappa shape index (κ2) is 3.85. The molecule has 5 aliphatic rings. The highest BCUT2D eigenvalue weighted by atomic mass is 16.3. The standard InChI is InChI=1S/C19H26O3/c1-17-7-6-14-12(13(17)2-3-15(17)21)5-8-18-10-11(20)4-9-19(14,18)16(18)22/h12-14,16,22H,2-10H2,1H3/t12-,13-,14-,16?,17-,18+,19+/m0/s1. The molecule has 0 spiro atoms. The van der Waals surface area contributed by atoms with Crippen LogP contribution < -0.4 is 0 Å². The van der Waals surface area contributed by atoms with E-state index < -0.39 is 0 Å². The number of ketones is 2. The summed E-state index contributed by atoms with van der Waals surface area (Å²) in [5, 5.41) is 10.9. The fourth-order valence-electron chi connectivity index (χ4n) is 7.84. The average Bonchev–Trinajstić information content (AvgIpc) is 2.89. The van der Waals surface area contributed by atoms with Crippen molar-refractivity contribution in [3.05, 3.63) is 0 Å². The molecule has 0 heterocycles. The van der Waals surface area contributed by atoms with Gasteiger partial charge in [0.05, 0.1) is 6.10 Å². The minimum Gasteiger partial charge on any atom is -0.392 e. The van der Waals surface area contributed by atoms with Gasteiger partial charge in [0.1, 0.15) is 11.6 Å². The summed E-state index contributed by atoms with van der Waals surface area (Å²) in [6.45, 7) is 2.20. The van der Waals surface area contributed by atoms with Crippen LogP contribution in [-0.2, 0) is 9.59 Å². The molecule has 3 heteroatoms. The van der Waals surface area contributed by atoms with Gasteiger partial charge in [-0.05, 0) is 56.3 Å². The summed E-state index contributed by atoms with van der Waals surface area (Å²) in [4.78, 5) is 24.4. The molecule has 5 rings (SSSR count). The van der Waals surface area contributed by atoms with Gasteiger partial charge in [-0.3, -0.25) is 9.59 Å². The van der Waals surface area contributed by atoms with Crippen LogP contribution >= 0.6 is 0 Å².